The van der Waals surface area contributed by atoms with Crippen molar-refractivity contribution in [2.75, 3.05) is 6.54 Å². The molecule has 21 heavy (non-hydrogen) atoms. The Morgan fingerprint density at radius 3 is 3.00 bits per heavy atom. The number of aromatic nitrogens is 1. The number of amidine groups is 1. The number of likely N-dealkylation sites (tertiary alicyclic amines) is 1. The van der Waals surface area contributed by atoms with Crippen molar-refractivity contribution in [3.05, 3.63) is 42.1 Å². The van der Waals surface area contributed by atoms with Crippen LogP contribution in [0.3, 0.4) is 0 Å². The van der Waals surface area contributed by atoms with Gasteiger partial charge in [-0.3, -0.25) is 9.88 Å². The molecule has 2 heterocycles. The van der Waals surface area contributed by atoms with Gasteiger partial charge >= 0.3 is 0 Å². The third kappa shape index (κ3) is 2.97. The summed E-state index contributed by atoms with van der Waals surface area (Å²) in [6.07, 6.45) is 3.19. The second kappa shape index (κ2) is 6.10. The molecule has 3 rings (SSSR count). The normalized spacial score (nSPS) is 20.8. The lowest BCUT2D eigenvalue weighted by Gasteiger charge is -2.34. The molecule has 110 valence electrons. The summed E-state index contributed by atoms with van der Waals surface area (Å²) in [6, 6.07) is 12.3. The van der Waals surface area contributed by atoms with Gasteiger partial charge in [0.25, 0.3) is 0 Å². The molecule has 5 nitrogen and oxygen atoms in total. The lowest BCUT2D eigenvalue weighted by atomic mass is 10.0. The van der Waals surface area contributed by atoms with Crippen LogP contribution in [0.25, 0.3) is 10.9 Å². The number of piperidine rings is 1. The van der Waals surface area contributed by atoms with E-state index >= 15 is 0 Å². The van der Waals surface area contributed by atoms with E-state index in [1.54, 1.807) is 0 Å². The number of para-hydroxylation sites is 1. The summed E-state index contributed by atoms with van der Waals surface area (Å²) in [5.41, 5.74) is 7.85. The van der Waals surface area contributed by atoms with Crippen molar-refractivity contribution >= 4 is 16.7 Å². The molecule has 0 amide bonds. The standard InChI is InChI=1S/C16H20N4O/c17-16(19-21)15-7-3-4-10-20(15)11-13-9-8-12-5-1-2-6-14(12)18-13/h1-2,5-6,8-9,15,21H,3-4,7,10-11H2,(H2,17,19). The molecular formula is C16H20N4O. The minimum atomic E-state index is 0.0111. The quantitative estimate of drug-likeness (QED) is 0.392. The highest BCUT2D eigenvalue weighted by Gasteiger charge is 2.26. The van der Waals surface area contributed by atoms with E-state index < -0.39 is 0 Å². The van der Waals surface area contributed by atoms with Crippen LogP contribution in [0.2, 0.25) is 0 Å². The molecule has 0 spiro atoms. The zero-order valence-corrected chi connectivity index (χ0v) is 11.9. The summed E-state index contributed by atoms with van der Waals surface area (Å²) in [6.45, 7) is 1.68. The summed E-state index contributed by atoms with van der Waals surface area (Å²) in [7, 11) is 0. The number of oxime groups is 1. The van der Waals surface area contributed by atoms with E-state index in [-0.39, 0.29) is 6.04 Å². The maximum atomic E-state index is 8.93. The van der Waals surface area contributed by atoms with Crippen molar-refractivity contribution in [3.8, 4) is 0 Å². The number of pyridine rings is 1. The van der Waals surface area contributed by atoms with Crippen LogP contribution in [0, 0.1) is 0 Å². The van der Waals surface area contributed by atoms with E-state index in [1.165, 1.54) is 0 Å². The maximum absolute atomic E-state index is 8.93. The highest BCUT2D eigenvalue weighted by Crippen LogP contribution is 2.20. The second-order valence-electron chi connectivity index (χ2n) is 5.50. The third-order valence-electron chi connectivity index (χ3n) is 4.09. The molecular weight excluding hydrogens is 264 g/mol. The highest BCUT2D eigenvalue weighted by molar-refractivity contribution is 5.85. The topological polar surface area (TPSA) is 74.7 Å². The Balaban J connectivity index is 1.82. The van der Waals surface area contributed by atoms with Gasteiger partial charge in [0, 0.05) is 11.9 Å². The lowest BCUT2D eigenvalue weighted by molar-refractivity contribution is 0.176. The van der Waals surface area contributed by atoms with Crippen molar-refractivity contribution in [2.24, 2.45) is 10.9 Å². The molecule has 0 saturated carbocycles. The predicted octanol–water partition coefficient (Wildman–Crippen LogP) is 2.34. The fourth-order valence-corrected chi connectivity index (χ4v) is 2.99. The van der Waals surface area contributed by atoms with Gasteiger partial charge < -0.3 is 10.9 Å². The van der Waals surface area contributed by atoms with Crippen LogP contribution >= 0.6 is 0 Å². The van der Waals surface area contributed by atoms with Crippen LogP contribution in [0.5, 0.6) is 0 Å². The van der Waals surface area contributed by atoms with Crippen LogP contribution in [-0.4, -0.2) is 33.5 Å². The Bertz CT molecular complexity index is 656. The number of rotatable bonds is 3. The van der Waals surface area contributed by atoms with Crippen LogP contribution in [0.1, 0.15) is 25.0 Å². The summed E-state index contributed by atoms with van der Waals surface area (Å²) in [4.78, 5) is 6.95. The van der Waals surface area contributed by atoms with Crippen molar-refractivity contribution in [3.63, 3.8) is 0 Å². The molecule has 1 unspecified atom stereocenters. The summed E-state index contributed by atoms with van der Waals surface area (Å²) in [5.74, 6) is 0.301. The molecule has 1 saturated heterocycles. The van der Waals surface area contributed by atoms with Gasteiger partial charge in [0.15, 0.2) is 5.84 Å². The smallest absolute Gasteiger partial charge is 0.156 e. The van der Waals surface area contributed by atoms with E-state index in [2.05, 4.69) is 28.3 Å². The minimum absolute atomic E-state index is 0.0111. The Labute approximate surface area is 124 Å². The van der Waals surface area contributed by atoms with Crippen molar-refractivity contribution in [2.45, 2.75) is 31.8 Å². The van der Waals surface area contributed by atoms with Gasteiger partial charge in [-0.25, -0.2) is 0 Å². The van der Waals surface area contributed by atoms with E-state index in [4.69, 9.17) is 15.9 Å². The average Bonchev–Trinajstić information content (AvgIpc) is 2.54. The Kier molecular flexibility index (Phi) is 4.01. The molecule has 0 aliphatic carbocycles. The van der Waals surface area contributed by atoms with Gasteiger partial charge in [0.05, 0.1) is 17.3 Å². The number of hydrogen-bond acceptors (Lipinski definition) is 4. The van der Waals surface area contributed by atoms with E-state index in [1.807, 2.05) is 18.2 Å². The zero-order chi connectivity index (χ0) is 14.7. The Morgan fingerprint density at radius 1 is 1.29 bits per heavy atom. The Hall–Kier alpha value is -2.14. The monoisotopic (exact) mass is 284 g/mol. The zero-order valence-electron chi connectivity index (χ0n) is 11.9. The second-order valence-corrected chi connectivity index (χ2v) is 5.50. The van der Waals surface area contributed by atoms with Crippen molar-refractivity contribution in [1.82, 2.24) is 9.88 Å². The molecule has 1 aliphatic rings. The minimum Gasteiger partial charge on any atom is -0.409 e. The van der Waals surface area contributed by atoms with Crippen molar-refractivity contribution < 1.29 is 5.21 Å². The van der Waals surface area contributed by atoms with E-state index in [0.717, 1.165) is 48.9 Å². The summed E-state index contributed by atoms with van der Waals surface area (Å²) >= 11 is 0. The lowest BCUT2D eigenvalue weighted by Crippen LogP contribution is -2.47. The van der Waals surface area contributed by atoms with E-state index in [9.17, 15) is 0 Å². The van der Waals surface area contributed by atoms with Crippen LogP contribution < -0.4 is 5.73 Å². The van der Waals surface area contributed by atoms with E-state index in [0.29, 0.717) is 5.84 Å². The van der Waals surface area contributed by atoms with Crippen LogP contribution in [0.15, 0.2) is 41.6 Å². The average molecular weight is 284 g/mol. The van der Waals surface area contributed by atoms with Gasteiger partial charge in [0.2, 0.25) is 0 Å². The maximum Gasteiger partial charge on any atom is 0.156 e. The number of benzene rings is 1. The molecule has 2 aromatic rings. The fraction of sp³-hybridized carbons (Fsp3) is 0.375. The Morgan fingerprint density at radius 2 is 2.14 bits per heavy atom. The molecule has 1 aliphatic heterocycles. The van der Waals surface area contributed by atoms with Crippen LogP contribution in [-0.2, 0) is 6.54 Å². The SMILES string of the molecule is NC(=NO)C1CCCCN1Cc1ccc2ccccc2n1. The molecule has 1 atom stereocenters. The summed E-state index contributed by atoms with van der Waals surface area (Å²) in [5, 5.41) is 13.3. The first-order valence-electron chi connectivity index (χ1n) is 7.34. The molecule has 1 aromatic heterocycles. The number of nitrogens with zero attached hydrogens (tertiary/aromatic N) is 3. The number of hydrogen-bond donors (Lipinski definition) is 2. The van der Waals surface area contributed by atoms with Gasteiger partial charge in [-0.15, -0.1) is 0 Å². The van der Waals surface area contributed by atoms with Gasteiger partial charge in [0.1, 0.15) is 0 Å². The molecule has 0 bridgehead atoms. The van der Waals surface area contributed by atoms with Crippen molar-refractivity contribution in [1.29, 1.82) is 0 Å². The first-order chi connectivity index (χ1) is 10.3. The predicted molar refractivity (Wildman–Crippen MR) is 83.2 cm³/mol. The largest absolute Gasteiger partial charge is 0.409 e. The first kappa shape index (κ1) is 13.8. The summed E-state index contributed by atoms with van der Waals surface area (Å²) < 4.78 is 0. The molecule has 0 radical (unpaired) electrons. The number of fused-ring (bicyclic) bond motifs is 1. The molecule has 1 aromatic carbocycles. The van der Waals surface area contributed by atoms with Gasteiger partial charge in [-0.1, -0.05) is 35.8 Å². The van der Waals surface area contributed by atoms with Gasteiger partial charge in [-0.2, -0.15) is 0 Å². The molecule has 5 heteroatoms. The van der Waals surface area contributed by atoms with Gasteiger partial charge in [-0.05, 0) is 31.5 Å². The van der Waals surface area contributed by atoms with Crippen LogP contribution in [0.4, 0.5) is 0 Å². The molecule has 3 N–H and O–H groups in total. The fourth-order valence-electron chi connectivity index (χ4n) is 2.99. The first-order valence-corrected chi connectivity index (χ1v) is 7.34. The highest BCUT2D eigenvalue weighted by atomic mass is 16.4. The molecule has 1 fully saturated rings. The number of nitrogens with two attached hydrogens (primary N) is 1. The third-order valence-corrected chi connectivity index (χ3v) is 4.09.